The highest BCUT2D eigenvalue weighted by Crippen LogP contribution is 2.32. The van der Waals surface area contributed by atoms with Gasteiger partial charge in [0.15, 0.2) is 0 Å². The van der Waals surface area contributed by atoms with Gasteiger partial charge in [-0.3, -0.25) is 4.90 Å². The molecule has 0 spiro atoms. The van der Waals surface area contributed by atoms with E-state index < -0.39 is 5.60 Å². The molecule has 2 rings (SSSR count). The highest BCUT2D eigenvalue weighted by Gasteiger charge is 2.29. The predicted molar refractivity (Wildman–Crippen MR) is 108 cm³/mol. The third-order valence-electron chi connectivity index (χ3n) is 4.73. The number of rotatable bonds is 5. The Morgan fingerprint density at radius 1 is 1.22 bits per heavy atom. The highest BCUT2D eigenvalue weighted by molar-refractivity contribution is 6.29. The quantitative estimate of drug-likeness (QED) is 0.702. The largest absolute Gasteiger partial charge is 0.481 e. The molecule has 1 aliphatic heterocycles. The number of hydrogen-bond donors (Lipinski definition) is 0. The number of halogens is 1. The van der Waals surface area contributed by atoms with Gasteiger partial charge in [0.05, 0.1) is 7.11 Å². The van der Waals surface area contributed by atoms with Crippen LogP contribution in [0.4, 0.5) is 4.79 Å². The maximum absolute atomic E-state index is 12.2. The van der Waals surface area contributed by atoms with Crippen LogP contribution in [0.5, 0.6) is 5.88 Å². The van der Waals surface area contributed by atoms with Crippen molar-refractivity contribution in [2.24, 2.45) is 5.92 Å². The van der Waals surface area contributed by atoms with Crippen LogP contribution in [0, 0.1) is 5.92 Å². The van der Waals surface area contributed by atoms with Crippen molar-refractivity contribution >= 4 is 17.7 Å². The summed E-state index contributed by atoms with van der Waals surface area (Å²) in [6, 6.07) is 3.82. The fourth-order valence-corrected chi connectivity index (χ4v) is 3.40. The van der Waals surface area contributed by atoms with Crippen molar-refractivity contribution in [3.05, 3.63) is 22.8 Å². The molecule has 1 aromatic heterocycles. The van der Waals surface area contributed by atoms with Gasteiger partial charge in [-0.25, -0.2) is 9.78 Å². The molecule has 0 N–H and O–H groups in total. The summed E-state index contributed by atoms with van der Waals surface area (Å²) >= 11 is 6.01. The summed E-state index contributed by atoms with van der Waals surface area (Å²) in [5.41, 5.74) is 0.612. The first kappa shape index (κ1) is 21.8. The molecule has 2 heterocycles. The topological polar surface area (TPSA) is 54.9 Å². The minimum absolute atomic E-state index is 0.230. The smallest absolute Gasteiger partial charge is 0.410 e. The van der Waals surface area contributed by atoms with Gasteiger partial charge in [-0.15, -0.1) is 0 Å². The van der Waals surface area contributed by atoms with Crippen molar-refractivity contribution in [3.63, 3.8) is 0 Å². The predicted octanol–water partition coefficient (Wildman–Crippen LogP) is 4.04. The van der Waals surface area contributed by atoms with Crippen LogP contribution in [0.25, 0.3) is 0 Å². The Bertz CT molecular complexity index is 638. The van der Waals surface area contributed by atoms with Crippen LogP contribution in [-0.4, -0.2) is 66.3 Å². The Morgan fingerprint density at radius 3 is 2.37 bits per heavy atom. The van der Waals surface area contributed by atoms with Gasteiger partial charge < -0.3 is 14.4 Å². The summed E-state index contributed by atoms with van der Waals surface area (Å²) in [4.78, 5) is 20.7. The van der Waals surface area contributed by atoms with Crippen LogP contribution in [0.15, 0.2) is 12.1 Å². The van der Waals surface area contributed by atoms with Gasteiger partial charge in [0, 0.05) is 44.2 Å². The summed E-state index contributed by atoms with van der Waals surface area (Å²) in [6.45, 7) is 14.0. The van der Waals surface area contributed by atoms with E-state index in [2.05, 4.69) is 23.7 Å². The van der Waals surface area contributed by atoms with Crippen molar-refractivity contribution in [2.75, 3.05) is 39.8 Å². The molecule has 0 aromatic carbocycles. The molecule has 0 saturated carbocycles. The average molecular weight is 398 g/mol. The second-order valence-corrected chi connectivity index (χ2v) is 8.74. The van der Waals surface area contributed by atoms with Gasteiger partial charge in [0.2, 0.25) is 5.88 Å². The molecule has 1 saturated heterocycles. The number of carbonyl (C=O) groups is 1. The van der Waals surface area contributed by atoms with Gasteiger partial charge >= 0.3 is 6.09 Å². The molecule has 1 fully saturated rings. The van der Waals surface area contributed by atoms with E-state index >= 15 is 0 Å². The van der Waals surface area contributed by atoms with Crippen molar-refractivity contribution in [3.8, 4) is 5.88 Å². The second-order valence-electron chi connectivity index (χ2n) is 8.35. The lowest BCUT2D eigenvalue weighted by Gasteiger charge is -2.38. The first-order valence-corrected chi connectivity index (χ1v) is 9.89. The SMILES string of the molecule is COc1nc(Cl)ccc1C(CN1CCN(C(=O)OC(C)(C)C)CC1)C(C)C. The Balaban J connectivity index is 2.00. The monoisotopic (exact) mass is 397 g/mol. The van der Waals surface area contributed by atoms with Gasteiger partial charge in [-0.2, -0.15) is 0 Å². The van der Waals surface area contributed by atoms with Crippen LogP contribution in [0.3, 0.4) is 0 Å². The number of hydrogen-bond acceptors (Lipinski definition) is 5. The first-order chi connectivity index (χ1) is 12.6. The summed E-state index contributed by atoms with van der Waals surface area (Å²) in [6.07, 6.45) is -0.230. The highest BCUT2D eigenvalue weighted by atomic mass is 35.5. The van der Waals surface area contributed by atoms with Gasteiger partial charge in [-0.05, 0) is 32.8 Å². The van der Waals surface area contributed by atoms with E-state index in [0.29, 0.717) is 30.0 Å². The fourth-order valence-electron chi connectivity index (χ4n) is 3.26. The van der Waals surface area contributed by atoms with E-state index in [4.69, 9.17) is 21.1 Å². The maximum atomic E-state index is 12.2. The van der Waals surface area contributed by atoms with Crippen molar-refractivity contribution in [2.45, 2.75) is 46.1 Å². The van der Waals surface area contributed by atoms with Crippen molar-refractivity contribution in [1.29, 1.82) is 0 Å². The fraction of sp³-hybridized carbons (Fsp3) is 0.700. The van der Waals surface area contributed by atoms with E-state index in [9.17, 15) is 4.79 Å². The number of pyridine rings is 1. The van der Waals surface area contributed by atoms with E-state index in [-0.39, 0.29) is 12.0 Å². The number of methoxy groups -OCH3 is 1. The van der Waals surface area contributed by atoms with E-state index in [1.165, 1.54) is 0 Å². The zero-order valence-electron chi connectivity index (χ0n) is 17.3. The zero-order chi connectivity index (χ0) is 20.2. The van der Waals surface area contributed by atoms with E-state index in [1.54, 1.807) is 12.0 Å². The molecule has 7 heteroatoms. The molecule has 1 aliphatic rings. The third kappa shape index (κ3) is 6.25. The van der Waals surface area contributed by atoms with Crippen molar-refractivity contribution in [1.82, 2.24) is 14.8 Å². The van der Waals surface area contributed by atoms with Gasteiger partial charge in [-0.1, -0.05) is 31.5 Å². The lowest BCUT2D eigenvalue weighted by molar-refractivity contribution is 0.0137. The van der Waals surface area contributed by atoms with E-state index in [0.717, 1.165) is 25.2 Å². The average Bonchev–Trinajstić information content (AvgIpc) is 2.58. The van der Waals surface area contributed by atoms with Crippen LogP contribution in [-0.2, 0) is 4.74 Å². The van der Waals surface area contributed by atoms with Crippen LogP contribution < -0.4 is 4.74 Å². The lowest BCUT2D eigenvalue weighted by Crippen LogP contribution is -2.51. The number of nitrogens with zero attached hydrogens (tertiary/aromatic N) is 3. The van der Waals surface area contributed by atoms with Crippen LogP contribution in [0.2, 0.25) is 5.15 Å². The molecular weight excluding hydrogens is 366 g/mol. The Morgan fingerprint density at radius 2 is 1.85 bits per heavy atom. The van der Waals surface area contributed by atoms with Crippen molar-refractivity contribution < 1.29 is 14.3 Å². The summed E-state index contributed by atoms with van der Waals surface area (Å²) < 4.78 is 10.9. The molecule has 6 nitrogen and oxygen atoms in total. The molecule has 27 heavy (non-hydrogen) atoms. The first-order valence-electron chi connectivity index (χ1n) is 9.51. The second kappa shape index (κ2) is 9.11. The summed E-state index contributed by atoms with van der Waals surface area (Å²) in [5, 5.41) is 0.434. The Hall–Kier alpha value is -1.53. The number of amides is 1. The standard InChI is InChI=1S/C20H32ClN3O3/c1-14(2)16(15-7-8-17(21)22-18(15)26-6)13-23-9-11-24(12-10-23)19(25)27-20(3,4)5/h7-8,14,16H,9-13H2,1-6H3. The molecule has 1 unspecified atom stereocenters. The minimum atomic E-state index is -0.463. The Kier molecular flexibility index (Phi) is 7.34. The molecule has 1 amide bonds. The lowest BCUT2D eigenvalue weighted by atomic mass is 9.88. The van der Waals surface area contributed by atoms with Crippen LogP contribution in [0.1, 0.15) is 46.1 Å². The normalized spacial score (nSPS) is 17.1. The number of aromatic nitrogens is 1. The number of carbonyl (C=O) groups excluding carboxylic acids is 1. The molecule has 0 bridgehead atoms. The zero-order valence-corrected chi connectivity index (χ0v) is 18.0. The molecule has 0 aliphatic carbocycles. The molecule has 0 radical (unpaired) electrons. The molecule has 1 atom stereocenters. The Labute approximate surface area is 167 Å². The van der Waals surface area contributed by atoms with Crippen LogP contribution >= 0.6 is 11.6 Å². The van der Waals surface area contributed by atoms with Gasteiger partial charge in [0.1, 0.15) is 10.8 Å². The maximum Gasteiger partial charge on any atom is 0.410 e. The third-order valence-corrected chi connectivity index (χ3v) is 4.94. The molecule has 152 valence electrons. The number of piperazine rings is 1. The van der Waals surface area contributed by atoms with Gasteiger partial charge in [0.25, 0.3) is 0 Å². The number of ether oxygens (including phenoxy) is 2. The van der Waals surface area contributed by atoms with E-state index in [1.807, 2.05) is 32.9 Å². The minimum Gasteiger partial charge on any atom is -0.481 e. The molecular formula is C20H32ClN3O3. The summed E-state index contributed by atoms with van der Waals surface area (Å²) in [5.74, 6) is 1.29. The molecule has 1 aromatic rings. The summed E-state index contributed by atoms with van der Waals surface area (Å²) in [7, 11) is 1.62.